The summed E-state index contributed by atoms with van der Waals surface area (Å²) < 4.78 is 11.2. The lowest BCUT2D eigenvalue weighted by Gasteiger charge is -2.18. The summed E-state index contributed by atoms with van der Waals surface area (Å²) in [7, 11) is 5.01. The first kappa shape index (κ1) is 20.8. The van der Waals surface area contributed by atoms with Gasteiger partial charge < -0.3 is 19.4 Å². The Morgan fingerprint density at radius 3 is 2.63 bits per heavy atom. The molecule has 0 saturated carbocycles. The minimum Gasteiger partial charge on any atom is -0.478 e. The van der Waals surface area contributed by atoms with E-state index < -0.39 is 23.3 Å². The number of nitrogens with one attached hydrogen (secondary N) is 1. The Morgan fingerprint density at radius 2 is 1.93 bits per heavy atom. The molecule has 3 rings (SSSR count). The van der Waals surface area contributed by atoms with Crippen molar-refractivity contribution in [3.05, 3.63) is 68.9 Å². The molecule has 1 atom stereocenters. The van der Waals surface area contributed by atoms with Crippen molar-refractivity contribution in [2.24, 2.45) is 5.10 Å². The van der Waals surface area contributed by atoms with E-state index in [2.05, 4.69) is 10.1 Å². The molecule has 0 bridgehead atoms. The third-order valence-electron chi connectivity index (χ3n) is 4.45. The number of nitrogens with zero attached hydrogens (tertiary/aromatic N) is 3. The maximum absolute atomic E-state index is 12.6. The zero-order chi connectivity index (χ0) is 21.8. The number of methoxy groups -OCH3 is 1. The monoisotopic (exact) mass is 410 g/mol. The fourth-order valence-electron chi connectivity index (χ4n) is 2.79. The van der Waals surface area contributed by atoms with Crippen LogP contribution in [0.25, 0.3) is 10.9 Å². The van der Waals surface area contributed by atoms with Gasteiger partial charge in [-0.05, 0) is 31.2 Å². The molecular formula is C21H22N4O5. The molecule has 1 N–H and O–H groups in total. The van der Waals surface area contributed by atoms with Crippen molar-refractivity contribution in [2.45, 2.75) is 13.0 Å². The molecule has 1 heterocycles. The number of aromatic nitrogens is 2. The van der Waals surface area contributed by atoms with Crippen LogP contribution in [-0.2, 0) is 9.53 Å². The van der Waals surface area contributed by atoms with Crippen LogP contribution in [0.2, 0.25) is 0 Å². The molecule has 0 aliphatic carbocycles. The van der Waals surface area contributed by atoms with E-state index in [1.165, 1.54) is 13.3 Å². The lowest BCUT2D eigenvalue weighted by Crippen LogP contribution is -2.32. The maximum Gasteiger partial charge on any atom is 0.349 e. The Labute approximate surface area is 172 Å². The molecule has 0 spiro atoms. The van der Waals surface area contributed by atoms with Crippen LogP contribution in [-0.4, -0.2) is 49.2 Å². The van der Waals surface area contributed by atoms with E-state index in [0.29, 0.717) is 22.2 Å². The average molecular weight is 410 g/mol. The molecule has 1 aromatic heterocycles. The number of rotatable bonds is 6. The lowest BCUT2D eigenvalue weighted by atomic mass is 10.2. The van der Waals surface area contributed by atoms with Gasteiger partial charge in [0.1, 0.15) is 5.75 Å². The van der Waals surface area contributed by atoms with E-state index in [1.54, 1.807) is 43.3 Å². The average Bonchev–Trinajstić information content (AvgIpc) is 2.73. The van der Waals surface area contributed by atoms with E-state index in [0.717, 1.165) is 10.4 Å². The summed E-state index contributed by atoms with van der Waals surface area (Å²) in [5, 5.41) is 4.40. The Morgan fingerprint density at radius 1 is 1.20 bits per heavy atom. The zero-order valence-corrected chi connectivity index (χ0v) is 17.1. The highest BCUT2D eigenvalue weighted by Crippen LogP contribution is 2.25. The molecule has 30 heavy (non-hydrogen) atoms. The van der Waals surface area contributed by atoms with Gasteiger partial charge in [-0.25, -0.2) is 9.59 Å². The summed E-state index contributed by atoms with van der Waals surface area (Å²) in [5.41, 5.74) is 0.548. The summed E-state index contributed by atoms with van der Waals surface area (Å²) >= 11 is 0. The summed E-state index contributed by atoms with van der Waals surface area (Å²) in [6.45, 7) is 1.56. The molecule has 0 radical (unpaired) electrons. The van der Waals surface area contributed by atoms with Gasteiger partial charge in [-0.15, -0.1) is 4.68 Å². The predicted molar refractivity (Wildman–Crippen MR) is 115 cm³/mol. The molecule has 156 valence electrons. The number of ether oxygens (including phenoxy) is 2. The molecule has 0 unspecified atom stereocenters. The highest BCUT2D eigenvalue weighted by atomic mass is 16.6. The summed E-state index contributed by atoms with van der Waals surface area (Å²) in [6.07, 6.45) is 0.482. The van der Waals surface area contributed by atoms with Crippen molar-refractivity contribution >= 4 is 28.8 Å². The SMILES string of the molecule is COC(=O)[C@@H](C)Oc1cc(N(C)C)ccc1C=Nn1c(=O)[nH]c2ccccc2c1=O. The smallest absolute Gasteiger partial charge is 0.349 e. The van der Waals surface area contributed by atoms with Gasteiger partial charge in [0.05, 0.1) is 24.2 Å². The molecular weight excluding hydrogens is 388 g/mol. The minimum atomic E-state index is -0.855. The Bertz CT molecular complexity index is 1230. The molecule has 0 aliphatic heterocycles. The number of benzene rings is 2. The number of hydrogen-bond acceptors (Lipinski definition) is 7. The van der Waals surface area contributed by atoms with Gasteiger partial charge in [0, 0.05) is 31.4 Å². The van der Waals surface area contributed by atoms with E-state index in [-0.39, 0.29) is 0 Å². The van der Waals surface area contributed by atoms with Crippen molar-refractivity contribution in [1.29, 1.82) is 0 Å². The number of anilines is 1. The Balaban J connectivity index is 2.05. The van der Waals surface area contributed by atoms with Crippen LogP contribution in [0.5, 0.6) is 5.75 Å². The molecule has 2 aromatic carbocycles. The van der Waals surface area contributed by atoms with E-state index in [4.69, 9.17) is 9.47 Å². The standard InChI is InChI=1S/C21H22N4O5/c1-13(20(27)29-4)30-18-11-15(24(2)3)10-9-14(18)12-22-25-19(26)16-7-5-6-8-17(16)23-21(25)28/h5-13H,1-4H3,(H,23,28)/t13-/m1/s1. The maximum atomic E-state index is 12.6. The van der Waals surface area contributed by atoms with Gasteiger partial charge in [0.2, 0.25) is 0 Å². The van der Waals surface area contributed by atoms with E-state index in [9.17, 15) is 14.4 Å². The molecule has 0 fully saturated rings. The van der Waals surface area contributed by atoms with Crippen molar-refractivity contribution in [3.8, 4) is 5.75 Å². The second-order valence-corrected chi connectivity index (χ2v) is 6.74. The molecule has 0 aliphatic rings. The molecule has 3 aromatic rings. The van der Waals surface area contributed by atoms with Crippen molar-refractivity contribution in [2.75, 3.05) is 26.1 Å². The first-order valence-corrected chi connectivity index (χ1v) is 9.16. The fourth-order valence-corrected chi connectivity index (χ4v) is 2.79. The number of carbonyl (C=O) groups excluding carboxylic acids is 1. The topological polar surface area (TPSA) is 106 Å². The number of aromatic amines is 1. The van der Waals surface area contributed by atoms with E-state index >= 15 is 0 Å². The van der Waals surface area contributed by atoms with Crippen molar-refractivity contribution < 1.29 is 14.3 Å². The fraction of sp³-hybridized carbons (Fsp3) is 0.238. The van der Waals surface area contributed by atoms with Gasteiger partial charge in [0.25, 0.3) is 5.56 Å². The predicted octanol–water partition coefficient (Wildman–Crippen LogP) is 1.58. The van der Waals surface area contributed by atoms with E-state index in [1.807, 2.05) is 25.1 Å². The second kappa shape index (κ2) is 8.64. The molecule has 0 saturated heterocycles. The third kappa shape index (κ3) is 4.24. The van der Waals surface area contributed by atoms with Crippen LogP contribution in [0.15, 0.2) is 57.2 Å². The van der Waals surface area contributed by atoms with Crippen LogP contribution in [0.3, 0.4) is 0 Å². The number of hydrogen-bond donors (Lipinski definition) is 1. The van der Waals surface area contributed by atoms with Crippen LogP contribution in [0, 0.1) is 0 Å². The molecule has 9 nitrogen and oxygen atoms in total. The summed E-state index contributed by atoms with van der Waals surface area (Å²) in [4.78, 5) is 41.2. The van der Waals surface area contributed by atoms with Crippen LogP contribution in [0.1, 0.15) is 12.5 Å². The largest absolute Gasteiger partial charge is 0.478 e. The zero-order valence-electron chi connectivity index (χ0n) is 17.1. The van der Waals surface area contributed by atoms with Crippen LogP contribution < -0.4 is 20.9 Å². The van der Waals surface area contributed by atoms with Gasteiger partial charge in [0.15, 0.2) is 6.10 Å². The van der Waals surface area contributed by atoms with Crippen molar-refractivity contribution in [1.82, 2.24) is 9.66 Å². The van der Waals surface area contributed by atoms with Gasteiger partial charge in [-0.2, -0.15) is 5.10 Å². The lowest BCUT2D eigenvalue weighted by molar-refractivity contribution is -0.147. The first-order valence-electron chi connectivity index (χ1n) is 9.16. The van der Waals surface area contributed by atoms with Gasteiger partial charge in [-0.1, -0.05) is 12.1 Å². The van der Waals surface area contributed by atoms with Gasteiger partial charge in [-0.3, -0.25) is 4.79 Å². The Kier molecular flexibility index (Phi) is 6.01. The molecule has 9 heteroatoms. The first-order chi connectivity index (χ1) is 14.3. The number of fused-ring (bicyclic) bond motifs is 1. The summed E-state index contributed by atoms with van der Waals surface area (Å²) in [6, 6.07) is 12.0. The highest BCUT2D eigenvalue weighted by Gasteiger charge is 2.17. The van der Waals surface area contributed by atoms with Gasteiger partial charge >= 0.3 is 11.7 Å². The number of para-hydroxylation sites is 1. The van der Waals surface area contributed by atoms with Crippen molar-refractivity contribution in [3.63, 3.8) is 0 Å². The molecule has 0 amide bonds. The van der Waals surface area contributed by atoms with Crippen LogP contribution in [0.4, 0.5) is 5.69 Å². The number of H-pyrrole nitrogens is 1. The highest BCUT2D eigenvalue weighted by molar-refractivity contribution is 5.85. The normalized spacial score (nSPS) is 12.1. The number of esters is 1. The third-order valence-corrected chi connectivity index (χ3v) is 4.45. The Hall–Kier alpha value is -3.88. The quantitative estimate of drug-likeness (QED) is 0.489. The summed E-state index contributed by atoms with van der Waals surface area (Å²) in [5.74, 6) is -0.177. The second-order valence-electron chi connectivity index (χ2n) is 6.74. The minimum absolute atomic E-state index is 0.341. The van der Waals surface area contributed by atoms with Crippen LogP contribution >= 0.6 is 0 Å². The number of carbonyl (C=O) groups is 1.